The molecule has 2 rings (SSSR count). The second-order valence-electron chi connectivity index (χ2n) is 5.45. The van der Waals surface area contributed by atoms with Gasteiger partial charge < -0.3 is 15.1 Å². The summed E-state index contributed by atoms with van der Waals surface area (Å²) >= 11 is 0. The molecule has 2 aromatic rings. The first-order valence-corrected chi connectivity index (χ1v) is 6.88. The first kappa shape index (κ1) is 14.0. The summed E-state index contributed by atoms with van der Waals surface area (Å²) in [5.74, 6) is 0. The molecule has 1 aromatic carbocycles. The quantitative estimate of drug-likeness (QED) is 0.751. The van der Waals surface area contributed by atoms with Crippen molar-refractivity contribution in [3.63, 3.8) is 0 Å². The zero-order valence-corrected chi connectivity index (χ0v) is 12.0. The van der Waals surface area contributed by atoms with Crippen LogP contribution in [0, 0.1) is 0 Å². The molecule has 0 unspecified atom stereocenters. The number of nitrogens with one attached hydrogen (secondary N) is 2. The van der Waals surface area contributed by atoms with E-state index in [1.54, 1.807) is 0 Å². The van der Waals surface area contributed by atoms with Gasteiger partial charge in [-0.2, -0.15) is 0 Å². The van der Waals surface area contributed by atoms with E-state index in [4.69, 9.17) is 4.42 Å². The molecule has 0 saturated carbocycles. The number of likely N-dealkylation sites (N-methyl/N-ethyl adjacent to an activating group) is 1. The van der Waals surface area contributed by atoms with Crippen LogP contribution in [0.2, 0.25) is 0 Å². The van der Waals surface area contributed by atoms with E-state index in [1.807, 2.05) is 6.07 Å². The van der Waals surface area contributed by atoms with Gasteiger partial charge in [-0.15, -0.1) is 0 Å². The van der Waals surface area contributed by atoms with E-state index in [0.29, 0.717) is 0 Å². The van der Waals surface area contributed by atoms with Crippen molar-refractivity contribution in [3.8, 4) is 0 Å². The van der Waals surface area contributed by atoms with Crippen LogP contribution in [-0.4, -0.2) is 31.2 Å². The number of hydrogen-bond acceptors (Lipinski definition) is 4. The van der Waals surface area contributed by atoms with Gasteiger partial charge in [-0.3, -0.25) is 0 Å². The highest BCUT2D eigenvalue weighted by Gasteiger charge is 2.20. The Morgan fingerprint density at radius 3 is 2.79 bits per heavy atom. The van der Waals surface area contributed by atoms with Crippen molar-refractivity contribution in [2.75, 3.05) is 26.2 Å². The van der Waals surface area contributed by atoms with E-state index in [-0.39, 0.29) is 5.41 Å². The Morgan fingerprint density at radius 2 is 2.00 bits per heavy atom. The average Bonchev–Trinajstić information content (AvgIpc) is 2.85. The second-order valence-corrected chi connectivity index (χ2v) is 5.45. The molecule has 0 aliphatic heterocycles. The Labute approximate surface area is 114 Å². The highest BCUT2D eigenvalue weighted by atomic mass is 16.3. The first-order valence-electron chi connectivity index (χ1n) is 6.88. The normalized spacial score (nSPS) is 12.2. The molecule has 0 atom stereocenters. The lowest BCUT2D eigenvalue weighted by Gasteiger charge is -2.25. The van der Waals surface area contributed by atoms with Crippen LogP contribution in [-0.2, 0) is 5.41 Å². The summed E-state index contributed by atoms with van der Waals surface area (Å²) in [6.45, 7) is 10.6. The summed E-state index contributed by atoms with van der Waals surface area (Å²) in [4.78, 5) is 4.15. The molecule has 0 aliphatic carbocycles. The third-order valence-corrected chi connectivity index (χ3v) is 3.41. The number of nitrogens with zero attached hydrogens (tertiary/aromatic N) is 1. The van der Waals surface area contributed by atoms with Crippen LogP contribution in [0.3, 0.4) is 0 Å². The lowest BCUT2D eigenvalue weighted by molar-refractivity contribution is 0.465. The number of rotatable bonds is 7. The zero-order chi connectivity index (χ0) is 13.7. The van der Waals surface area contributed by atoms with Gasteiger partial charge in [-0.25, -0.2) is 4.98 Å². The third-order valence-electron chi connectivity index (χ3n) is 3.41. The summed E-state index contributed by atoms with van der Waals surface area (Å²) in [6, 6.07) is 6.25. The maximum atomic E-state index is 5.37. The molecule has 0 radical (unpaired) electrons. The lowest BCUT2D eigenvalue weighted by Crippen LogP contribution is -2.36. The zero-order valence-electron chi connectivity index (χ0n) is 12.0. The van der Waals surface area contributed by atoms with Gasteiger partial charge in [0.25, 0.3) is 0 Å². The van der Waals surface area contributed by atoms with Crippen molar-refractivity contribution < 1.29 is 4.42 Å². The molecule has 1 heterocycles. The Kier molecular flexibility index (Phi) is 4.56. The van der Waals surface area contributed by atoms with E-state index >= 15 is 0 Å². The minimum absolute atomic E-state index is 0.0766. The van der Waals surface area contributed by atoms with Crippen LogP contribution in [0.5, 0.6) is 0 Å². The molecule has 19 heavy (non-hydrogen) atoms. The molecule has 4 nitrogen and oxygen atoms in total. The van der Waals surface area contributed by atoms with E-state index in [0.717, 1.165) is 37.3 Å². The van der Waals surface area contributed by atoms with Crippen LogP contribution in [0.15, 0.2) is 29.0 Å². The summed E-state index contributed by atoms with van der Waals surface area (Å²) in [5, 5.41) is 6.80. The van der Waals surface area contributed by atoms with Crippen LogP contribution in [0.4, 0.5) is 0 Å². The lowest BCUT2D eigenvalue weighted by atomic mass is 9.84. The Balaban J connectivity index is 1.97. The third kappa shape index (κ3) is 3.55. The largest absolute Gasteiger partial charge is 0.443 e. The molecule has 0 fully saturated rings. The van der Waals surface area contributed by atoms with E-state index in [9.17, 15) is 0 Å². The minimum Gasteiger partial charge on any atom is -0.443 e. The molecule has 0 saturated heterocycles. The van der Waals surface area contributed by atoms with Gasteiger partial charge >= 0.3 is 0 Å². The summed E-state index contributed by atoms with van der Waals surface area (Å²) < 4.78 is 5.37. The van der Waals surface area contributed by atoms with E-state index < -0.39 is 0 Å². The van der Waals surface area contributed by atoms with Gasteiger partial charge in [0.1, 0.15) is 5.52 Å². The van der Waals surface area contributed by atoms with Crippen molar-refractivity contribution in [2.24, 2.45) is 0 Å². The number of aromatic nitrogens is 1. The van der Waals surface area contributed by atoms with Crippen LogP contribution >= 0.6 is 0 Å². The molecule has 0 amide bonds. The fourth-order valence-corrected chi connectivity index (χ4v) is 2.13. The minimum atomic E-state index is 0.0766. The molecule has 0 spiro atoms. The Hall–Kier alpha value is -1.39. The number of oxazole rings is 1. The highest BCUT2D eigenvalue weighted by molar-refractivity contribution is 5.73. The van der Waals surface area contributed by atoms with Crippen molar-refractivity contribution in [1.82, 2.24) is 15.6 Å². The van der Waals surface area contributed by atoms with Crippen molar-refractivity contribution >= 4 is 11.1 Å². The molecular formula is C15H23N3O. The molecular weight excluding hydrogens is 238 g/mol. The molecule has 104 valence electrons. The standard InChI is InChI=1S/C15H23N3O/c1-4-16-7-8-17-10-15(2,3)12-5-6-13-14(9-12)19-11-18-13/h5-6,9,11,16-17H,4,7-8,10H2,1-3H3. The Bertz CT molecular complexity index is 519. The molecule has 2 N–H and O–H groups in total. The first-order chi connectivity index (χ1) is 9.13. The topological polar surface area (TPSA) is 50.1 Å². The van der Waals surface area contributed by atoms with Crippen molar-refractivity contribution in [3.05, 3.63) is 30.2 Å². The van der Waals surface area contributed by atoms with Crippen LogP contribution in [0.25, 0.3) is 11.1 Å². The van der Waals surface area contributed by atoms with Crippen LogP contribution < -0.4 is 10.6 Å². The number of fused-ring (bicyclic) bond motifs is 1. The monoisotopic (exact) mass is 261 g/mol. The summed E-state index contributed by atoms with van der Waals surface area (Å²) in [5.41, 5.74) is 3.12. The number of benzene rings is 1. The summed E-state index contributed by atoms with van der Waals surface area (Å²) in [7, 11) is 0. The van der Waals surface area contributed by atoms with E-state index in [2.05, 4.69) is 48.5 Å². The maximum Gasteiger partial charge on any atom is 0.181 e. The Morgan fingerprint density at radius 1 is 1.21 bits per heavy atom. The molecule has 0 bridgehead atoms. The fourth-order valence-electron chi connectivity index (χ4n) is 2.13. The van der Waals surface area contributed by atoms with E-state index in [1.165, 1.54) is 12.0 Å². The van der Waals surface area contributed by atoms with Gasteiger partial charge in [0.05, 0.1) is 0 Å². The average molecular weight is 261 g/mol. The van der Waals surface area contributed by atoms with Gasteiger partial charge in [0.15, 0.2) is 12.0 Å². The predicted molar refractivity (Wildman–Crippen MR) is 78.4 cm³/mol. The van der Waals surface area contributed by atoms with Crippen LogP contribution in [0.1, 0.15) is 26.3 Å². The summed E-state index contributed by atoms with van der Waals surface area (Å²) in [6.07, 6.45) is 1.50. The van der Waals surface area contributed by atoms with Gasteiger partial charge in [0, 0.05) is 25.0 Å². The van der Waals surface area contributed by atoms with Crippen molar-refractivity contribution in [2.45, 2.75) is 26.2 Å². The fraction of sp³-hybridized carbons (Fsp3) is 0.533. The SMILES string of the molecule is CCNCCNCC(C)(C)c1ccc2ncoc2c1. The molecule has 4 heteroatoms. The van der Waals surface area contributed by atoms with Gasteiger partial charge in [-0.05, 0) is 24.2 Å². The molecule has 0 aliphatic rings. The van der Waals surface area contributed by atoms with Gasteiger partial charge in [-0.1, -0.05) is 26.8 Å². The smallest absolute Gasteiger partial charge is 0.181 e. The molecule has 1 aromatic heterocycles. The van der Waals surface area contributed by atoms with Gasteiger partial charge in [0.2, 0.25) is 0 Å². The second kappa shape index (κ2) is 6.17. The number of hydrogen-bond donors (Lipinski definition) is 2. The maximum absolute atomic E-state index is 5.37. The van der Waals surface area contributed by atoms with Crippen molar-refractivity contribution in [1.29, 1.82) is 0 Å². The predicted octanol–water partition coefficient (Wildman–Crippen LogP) is 2.30. The highest BCUT2D eigenvalue weighted by Crippen LogP contribution is 2.25.